The molecule has 0 unspecified atom stereocenters. The number of carboxylic acid groups (broad SMARTS) is 1. The van der Waals surface area contributed by atoms with Gasteiger partial charge < -0.3 is 10.4 Å². The number of hydrogen-bond donors (Lipinski definition) is 2. The Labute approximate surface area is 81.6 Å². The molecule has 74 valence electrons. The number of benzene rings is 1. The second-order valence-corrected chi connectivity index (χ2v) is 2.84. The Balaban J connectivity index is 2.50. The van der Waals surface area contributed by atoms with Crippen LogP contribution in [0.2, 0.25) is 0 Å². The van der Waals surface area contributed by atoms with Gasteiger partial charge in [0.25, 0.3) is 0 Å². The van der Waals surface area contributed by atoms with Gasteiger partial charge in [-0.05, 0) is 18.1 Å². The SMILES string of the molecule is O=Cc1cccc(CCNC(=O)O)c1. The maximum Gasteiger partial charge on any atom is 0.404 e. The summed E-state index contributed by atoms with van der Waals surface area (Å²) in [6.45, 7) is 0.359. The minimum absolute atomic E-state index is 0.359. The zero-order valence-corrected chi connectivity index (χ0v) is 7.56. The average Bonchev–Trinajstić information content (AvgIpc) is 2.18. The van der Waals surface area contributed by atoms with Crippen molar-refractivity contribution < 1.29 is 14.7 Å². The molecule has 0 bridgehead atoms. The summed E-state index contributed by atoms with van der Waals surface area (Å²) in [4.78, 5) is 20.6. The van der Waals surface area contributed by atoms with E-state index in [0.29, 0.717) is 18.5 Å². The van der Waals surface area contributed by atoms with Crippen LogP contribution in [0.4, 0.5) is 4.79 Å². The third kappa shape index (κ3) is 3.26. The smallest absolute Gasteiger partial charge is 0.404 e. The van der Waals surface area contributed by atoms with E-state index >= 15 is 0 Å². The zero-order chi connectivity index (χ0) is 10.4. The molecule has 0 radical (unpaired) electrons. The van der Waals surface area contributed by atoms with Crippen molar-refractivity contribution in [3.05, 3.63) is 35.4 Å². The topological polar surface area (TPSA) is 66.4 Å². The van der Waals surface area contributed by atoms with E-state index in [2.05, 4.69) is 5.32 Å². The summed E-state index contributed by atoms with van der Waals surface area (Å²) < 4.78 is 0. The predicted molar refractivity (Wildman–Crippen MR) is 51.6 cm³/mol. The van der Waals surface area contributed by atoms with Gasteiger partial charge >= 0.3 is 6.09 Å². The molecule has 0 saturated heterocycles. The monoisotopic (exact) mass is 193 g/mol. The fraction of sp³-hybridized carbons (Fsp3) is 0.200. The predicted octanol–water partition coefficient (Wildman–Crippen LogP) is 1.31. The number of rotatable bonds is 4. The molecule has 1 rings (SSSR count). The first-order chi connectivity index (χ1) is 6.72. The standard InChI is InChI=1S/C10H11NO3/c12-7-9-3-1-2-8(6-9)4-5-11-10(13)14/h1-3,6-7,11H,4-5H2,(H,13,14). The molecule has 1 amide bonds. The molecule has 2 N–H and O–H groups in total. The third-order valence-electron chi connectivity index (χ3n) is 1.78. The third-order valence-corrected chi connectivity index (χ3v) is 1.78. The Bertz CT molecular complexity index is 336. The van der Waals surface area contributed by atoms with Gasteiger partial charge in [0.1, 0.15) is 6.29 Å². The molecule has 1 aromatic carbocycles. The Kier molecular flexibility index (Phi) is 3.67. The van der Waals surface area contributed by atoms with Gasteiger partial charge in [0.15, 0.2) is 0 Å². The average molecular weight is 193 g/mol. The molecule has 0 spiro atoms. The molecule has 0 aliphatic carbocycles. The van der Waals surface area contributed by atoms with Gasteiger partial charge in [-0.3, -0.25) is 4.79 Å². The summed E-state index contributed by atoms with van der Waals surface area (Å²) in [5, 5.41) is 10.6. The summed E-state index contributed by atoms with van der Waals surface area (Å²) >= 11 is 0. The Hall–Kier alpha value is -1.84. The lowest BCUT2D eigenvalue weighted by Crippen LogP contribution is -2.23. The van der Waals surface area contributed by atoms with Gasteiger partial charge in [-0.2, -0.15) is 0 Å². The van der Waals surface area contributed by atoms with Crippen LogP contribution in [0.5, 0.6) is 0 Å². The number of carbonyl (C=O) groups excluding carboxylic acids is 1. The van der Waals surface area contributed by atoms with Gasteiger partial charge in [0.2, 0.25) is 0 Å². The maximum absolute atomic E-state index is 10.4. The number of carbonyl (C=O) groups is 2. The Morgan fingerprint density at radius 2 is 2.29 bits per heavy atom. The molecule has 4 heteroatoms. The first-order valence-corrected chi connectivity index (χ1v) is 4.23. The van der Waals surface area contributed by atoms with Crippen LogP contribution in [-0.2, 0) is 6.42 Å². The summed E-state index contributed by atoms with van der Waals surface area (Å²) in [5.41, 5.74) is 1.56. The Morgan fingerprint density at radius 1 is 1.50 bits per heavy atom. The molecule has 0 aromatic heterocycles. The van der Waals surface area contributed by atoms with Crippen LogP contribution in [0.15, 0.2) is 24.3 Å². The fourth-order valence-corrected chi connectivity index (χ4v) is 1.14. The van der Waals surface area contributed by atoms with Crippen molar-refractivity contribution in [3.8, 4) is 0 Å². The van der Waals surface area contributed by atoms with Crippen LogP contribution in [-0.4, -0.2) is 24.0 Å². The van der Waals surface area contributed by atoms with E-state index < -0.39 is 6.09 Å². The first-order valence-electron chi connectivity index (χ1n) is 4.23. The van der Waals surface area contributed by atoms with Gasteiger partial charge in [0.05, 0.1) is 0 Å². The number of amides is 1. The number of nitrogens with one attached hydrogen (secondary N) is 1. The highest BCUT2D eigenvalue weighted by Gasteiger charge is 1.97. The summed E-state index contributed by atoms with van der Waals surface area (Å²) in [7, 11) is 0. The highest BCUT2D eigenvalue weighted by Crippen LogP contribution is 2.03. The van der Waals surface area contributed by atoms with Crippen LogP contribution < -0.4 is 5.32 Å². The van der Waals surface area contributed by atoms with Crippen molar-refractivity contribution in [3.63, 3.8) is 0 Å². The van der Waals surface area contributed by atoms with Crippen molar-refractivity contribution in [2.45, 2.75) is 6.42 Å². The van der Waals surface area contributed by atoms with E-state index in [1.54, 1.807) is 18.2 Å². The van der Waals surface area contributed by atoms with Gasteiger partial charge in [-0.25, -0.2) is 4.79 Å². The lowest BCUT2D eigenvalue weighted by atomic mass is 10.1. The van der Waals surface area contributed by atoms with E-state index in [0.717, 1.165) is 11.8 Å². The summed E-state index contributed by atoms with van der Waals surface area (Å²) in [6.07, 6.45) is 0.332. The molecule has 0 aliphatic heterocycles. The molecular weight excluding hydrogens is 182 g/mol. The van der Waals surface area contributed by atoms with E-state index in [-0.39, 0.29) is 0 Å². The summed E-state index contributed by atoms with van der Waals surface area (Å²) in [5.74, 6) is 0. The lowest BCUT2D eigenvalue weighted by molar-refractivity contribution is 0.112. The largest absolute Gasteiger partial charge is 0.465 e. The maximum atomic E-state index is 10.4. The van der Waals surface area contributed by atoms with Crippen molar-refractivity contribution >= 4 is 12.4 Å². The van der Waals surface area contributed by atoms with Crippen molar-refractivity contribution in [1.29, 1.82) is 0 Å². The minimum Gasteiger partial charge on any atom is -0.465 e. The first kappa shape index (κ1) is 10.2. The van der Waals surface area contributed by atoms with E-state index in [9.17, 15) is 9.59 Å². The molecule has 0 heterocycles. The highest BCUT2D eigenvalue weighted by atomic mass is 16.4. The highest BCUT2D eigenvalue weighted by molar-refractivity contribution is 5.74. The second-order valence-electron chi connectivity index (χ2n) is 2.84. The van der Waals surface area contributed by atoms with Gasteiger partial charge in [0, 0.05) is 12.1 Å². The van der Waals surface area contributed by atoms with Crippen LogP contribution in [0.1, 0.15) is 15.9 Å². The number of hydrogen-bond acceptors (Lipinski definition) is 2. The van der Waals surface area contributed by atoms with Crippen LogP contribution in [0, 0.1) is 0 Å². The lowest BCUT2D eigenvalue weighted by Gasteiger charge is -2.01. The molecule has 0 fully saturated rings. The quantitative estimate of drug-likeness (QED) is 0.708. The molecule has 0 atom stereocenters. The molecular formula is C10H11NO3. The molecule has 4 nitrogen and oxygen atoms in total. The minimum atomic E-state index is -1.03. The molecule has 0 saturated carbocycles. The van der Waals surface area contributed by atoms with E-state index in [1.807, 2.05) is 6.07 Å². The van der Waals surface area contributed by atoms with Gasteiger partial charge in [-0.1, -0.05) is 18.2 Å². The summed E-state index contributed by atoms with van der Waals surface area (Å²) in [6, 6.07) is 7.09. The zero-order valence-electron chi connectivity index (χ0n) is 7.56. The van der Waals surface area contributed by atoms with Crippen LogP contribution >= 0.6 is 0 Å². The van der Waals surface area contributed by atoms with Gasteiger partial charge in [-0.15, -0.1) is 0 Å². The van der Waals surface area contributed by atoms with Crippen LogP contribution in [0.3, 0.4) is 0 Å². The molecule has 1 aromatic rings. The van der Waals surface area contributed by atoms with Crippen LogP contribution in [0.25, 0.3) is 0 Å². The Morgan fingerprint density at radius 3 is 2.93 bits per heavy atom. The second kappa shape index (κ2) is 5.01. The van der Waals surface area contributed by atoms with E-state index in [1.165, 1.54) is 0 Å². The fourth-order valence-electron chi connectivity index (χ4n) is 1.14. The van der Waals surface area contributed by atoms with Crippen molar-refractivity contribution in [2.24, 2.45) is 0 Å². The number of aldehydes is 1. The molecule has 14 heavy (non-hydrogen) atoms. The molecule has 0 aliphatic rings. The normalized spacial score (nSPS) is 9.43. The van der Waals surface area contributed by atoms with E-state index in [4.69, 9.17) is 5.11 Å². The van der Waals surface area contributed by atoms with Crippen molar-refractivity contribution in [2.75, 3.05) is 6.54 Å². The van der Waals surface area contributed by atoms with Crippen molar-refractivity contribution in [1.82, 2.24) is 5.32 Å².